The maximum Gasteiger partial charge on any atom is 0.303 e. The third-order valence-corrected chi connectivity index (χ3v) is 6.26. The van der Waals surface area contributed by atoms with Gasteiger partial charge in [-0.1, -0.05) is 86.6 Å². The first kappa shape index (κ1) is 24.3. The molecule has 1 unspecified atom stereocenters. The molecule has 2 N–H and O–H groups in total. The van der Waals surface area contributed by atoms with Gasteiger partial charge in [-0.2, -0.15) is 0 Å². The highest BCUT2D eigenvalue weighted by atomic mass is 16.4. The van der Waals surface area contributed by atoms with Gasteiger partial charge in [0.25, 0.3) is 5.91 Å². The number of hydrogen-bond acceptors (Lipinski definition) is 2. The fourth-order valence-electron chi connectivity index (χ4n) is 4.63. The highest BCUT2D eigenvalue weighted by Crippen LogP contribution is 2.29. The van der Waals surface area contributed by atoms with E-state index < -0.39 is 5.97 Å². The van der Waals surface area contributed by atoms with Crippen LogP contribution in [0.25, 0.3) is 10.9 Å². The van der Waals surface area contributed by atoms with E-state index in [0.29, 0.717) is 24.4 Å². The van der Waals surface area contributed by atoms with Gasteiger partial charge in [0.15, 0.2) is 0 Å². The summed E-state index contributed by atoms with van der Waals surface area (Å²) in [6.07, 6.45) is 3.12. The summed E-state index contributed by atoms with van der Waals surface area (Å²) in [6.45, 7) is 4.93. The van der Waals surface area contributed by atoms with Crippen molar-refractivity contribution in [3.63, 3.8) is 0 Å². The van der Waals surface area contributed by atoms with Gasteiger partial charge in [-0.05, 0) is 41.5 Å². The molecule has 35 heavy (non-hydrogen) atoms. The van der Waals surface area contributed by atoms with E-state index in [4.69, 9.17) is 0 Å². The Morgan fingerprint density at radius 3 is 2.26 bits per heavy atom. The van der Waals surface area contributed by atoms with E-state index in [9.17, 15) is 14.7 Å². The smallest absolute Gasteiger partial charge is 0.303 e. The molecule has 0 fully saturated rings. The van der Waals surface area contributed by atoms with Crippen LogP contribution in [-0.4, -0.2) is 21.6 Å². The van der Waals surface area contributed by atoms with Crippen molar-refractivity contribution >= 4 is 22.8 Å². The number of nitrogens with one attached hydrogen (secondary N) is 1. The van der Waals surface area contributed by atoms with Gasteiger partial charge in [-0.3, -0.25) is 9.59 Å². The number of carbonyl (C=O) groups is 2. The van der Waals surface area contributed by atoms with Crippen LogP contribution in [0.5, 0.6) is 0 Å². The average molecular weight is 469 g/mol. The number of carboxylic acids is 1. The molecule has 4 rings (SSSR count). The Balaban J connectivity index is 1.75. The molecule has 0 aliphatic rings. The molecule has 1 atom stereocenters. The number of benzene rings is 3. The van der Waals surface area contributed by atoms with Gasteiger partial charge in [0.05, 0.1) is 11.6 Å². The molecular formula is C30H32N2O3. The SMILES string of the molecule is CC(C)CC(NC(=O)c1cn(Cc2ccccc2)c2cccc(CCC(=O)O)c12)c1ccccc1. The molecule has 1 aromatic heterocycles. The molecule has 0 aliphatic heterocycles. The fraction of sp³-hybridized carbons (Fsp3) is 0.267. The average Bonchev–Trinajstić information content (AvgIpc) is 3.22. The molecule has 0 radical (unpaired) electrons. The van der Waals surface area contributed by atoms with Gasteiger partial charge in [-0.25, -0.2) is 0 Å². The molecule has 0 aliphatic carbocycles. The minimum atomic E-state index is -0.849. The Labute approximate surface area is 206 Å². The van der Waals surface area contributed by atoms with Crippen molar-refractivity contribution in [2.75, 3.05) is 0 Å². The van der Waals surface area contributed by atoms with Crippen LogP contribution in [0.2, 0.25) is 0 Å². The number of hydrogen-bond donors (Lipinski definition) is 2. The van der Waals surface area contributed by atoms with Crippen molar-refractivity contribution in [2.45, 2.75) is 45.7 Å². The summed E-state index contributed by atoms with van der Waals surface area (Å²) < 4.78 is 2.09. The van der Waals surface area contributed by atoms with E-state index >= 15 is 0 Å². The minimum Gasteiger partial charge on any atom is -0.481 e. The molecule has 5 nitrogen and oxygen atoms in total. The van der Waals surface area contributed by atoms with Crippen LogP contribution in [0.3, 0.4) is 0 Å². The lowest BCUT2D eigenvalue weighted by Crippen LogP contribution is -2.29. The number of aliphatic carboxylic acids is 1. The van der Waals surface area contributed by atoms with Gasteiger partial charge in [0.1, 0.15) is 0 Å². The van der Waals surface area contributed by atoms with Crippen LogP contribution in [0.15, 0.2) is 85.1 Å². The summed E-state index contributed by atoms with van der Waals surface area (Å²) >= 11 is 0. The monoisotopic (exact) mass is 468 g/mol. The lowest BCUT2D eigenvalue weighted by Gasteiger charge is -2.21. The van der Waals surface area contributed by atoms with Crippen molar-refractivity contribution in [2.24, 2.45) is 5.92 Å². The molecule has 1 heterocycles. The second-order valence-corrected chi connectivity index (χ2v) is 9.43. The number of aromatic nitrogens is 1. The summed E-state index contributed by atoms with van der Waals surface area (Å²) in [5, 5.41) is 13.4. The van der Waals surface area contributed by atoms with E-state index in [-0.39, 0.29) is 18.4 Å². The zero-order valence-electron chi connectivity index (χ0n) is 20.3. The summed E-state index contributed by atoms with van der Waals surface area (Å²) in [7, 11) is 0. The van der Waals surface area contributed by atoms with Crippen molar-refractivity contribution in [3.8, 4) is 0 Å². The molecule has 4 aromatic rings. The predicted molar refractivity (Wildman–Crippen MR) is 140 cm³/mol. The molecular weight excluding hydrogens is 436 g/mol. The van der Waals surface area contributed by atoms with Crippen LogP contribution in [0.1, 0.15) is 59.8 Å². The Morgan fingerprint density at radius 2 is 1.60 bits per heavy atom. The predicted octanol–water partition coefficient (Wildman–Crippen LogP) is 6.22. The summed E-state index contributed by atoms with van der Waals surface area (Å²) in [4.78, 5) is 25.0. The quantitative estimate of drug-likeness (QED) is 0.290. The van der Waals surface area contributed by atoms with Gasteiger partial charge in [-0.15, -0.1) is 0 Å². The molecule has 0 saturated heterocycles. The van der Waals surface area contributed by atoms with E-state index in [1.807, 2.05) is 72.9 Å². The highest BCUT2D eigenvalue weighted by Gasteiger charge is 2.22. The van der Waals surface area contributed by atoms with E-state index in [1.165, 1.54) is 0 Å². The molecule has 180 valence electrons. The van der Waals surface area contributed by atoms with Crippen LogP contribution < -0.4 is 5.32 Å². The topological polar surface area (TPSA) is 71.3 Å². The van der Waals surface area contributed by atoms with Crippen LogP contribution in [0, 0.1) is 5.92 Å². The van der Waals surface area contributed by atoms with Gasteiger partial charge < -0.3 is 15.0 Å². The number of nitrogens with zero attached hydrogens (tertiary/aromatic N) is 1. The van der Waals surface area contributed by atoms with Crippen molar-refractivity contribution in [3.05, 3.63) is 107 Å². The van der Waals surface area contributed by atoms with E-state index in [2.05, 4.69) is 35.9 Å². The Morgan fingerprint density at radius 1 is 0.914 bits per heavy atom. The number of amides is 1. The second-order valence-electron chi connectivity index (χ2n) is 9.43. The zero-order chi connectivity index (χ0) is 24.8. The standard InChI is InChI=1S/C30H32N2O3/c1-21(2)18-26(23-12-7-4-8-13-23)31-30(35)25-20-32(19-22-10-5-3-6-11-22)27-15-9-14-24(29(25)27)16-17-28(33)34/h3-15,20-21,26H,16-19H2,1-2H3,(H,31,35)(H,33,34). The lowest BCUT2D eigenvalue weighted by atomic mass is 9.96. The van der Waals surface area contributed by atoms with E-state index in [0.717, 1.165) is 34.0 Å². The molecule has 0 saturated carbocycles. The molecule has 5 heteroatoms. The maximum absolute atomic E-state index is 13.7. The summed E-state index contributed by atoms with van der Waals surface area (Å²) in [5.41, 5.74) is 4.61. The Hall–Kier alpha value is -3.86. The summed E-state index contributed by atoms with van der Waals surface area (Å²) in [6, 6.07) is 25.9. The number of aryl methyl sites for hydroxylation is 1. The molecule has 0 bridgehead atoms. The van der Waals surface area contributed by atoms with Crippen LogP contribution in [0.4, 0.5) is 0 Å². The van der Waals surface area contributed by atoms with Gasteiger partial charge in [0, 0.05) is 30.1 Å². The van der Waals surface area contributed by atoms with Crippen LogP contribution >= 0.6 is 0 Å². The normalized spacial score (nSPS) is 12.1. The highest BCUT2D eigenvalue weighted by molar-refractivity contribution is 6.08. The van der Waals surface area contributed by atoms with Crippen molar-refractivity contribution in [1.82, 2.24) is 9.88 Å². The third kappa shape index (κ3) is 5.99. The third-order valence-electron chi connectivity index (χ3n) is 6.26. The number of carbonyl (C=O) groups excluding carboxylic acids is 1. The minimum absolute atomic E-state index is 0.0179. The Bertz CT molecular complexity index is 1290. The molecule has 1 amide bonds. The van der Waals surface area contributed by atoms with Gasteiger partial charge >= 0.3 is 5.97 Å². The zero-order valence-corrected chi connectivity index (χ0v) is 20.3. The molecule has 0 spiro atoms. The number of fused-ring (bicyclic) bond motifs is 1. The number of rotatable bonds is 10. The maximum atomic E-state index is 13.7. The second kappa shape index (κ2) is 11.0. The Kier molecular flexibility index (Phi) is 7.66. The van der Waals surface area contributed by atoms with Gasteiger partial charge in [0.2, 0.25) is 0 Å². The van der Waals surface area contributed by atoms with Crippen molar-refractivity contribution in [1.29, 1.82) is 0 Å². The van der Waals surface area contributed by atoms with E-state index in [1.54, 1.807) is 0 Å². The lowest BCUT2D eigenvalue weighted by molar-refractivity contribution is -0.136. The van der Waals surface area contributed by atoms with Crippen molar-refractivity contribution < 1.29 is 14.7 Å². The largest absolute Gasteiger partial charge is 0.481 e. The number of carboxylic acid groups (broad SMARTS) is 1. The molecule has 3 aromatic carbocycles. The summed E-state index contributed by atoms with van der Waals surface area (Å²) in [5.74, 6) is -0.581. The van der Waals surface area contributed by atoms with Crippen LogP contribution in [-0.2, 0) is 17.8 Å². The first-order valence-corrected chi connectivity index (χ1v) is 12.1. The fourth-order valence-corrected chi connectivity index (χ4v) is 4.63. The first-order chi connectivity index (χ1) is 16.9. The first-order valence-electron chi connectivity index (χ1n) is 12.1.